The number of nitrogens with two attached hydrogens (primary N) is 1. The summed E-state index contributed by atoms with van der Waals surface area (Å²) in [5.74, 6) is -0.635. The van der Waals surface area contributed by atoms with E-state index in [4.69, 9.17) is 14.6 Å². The number of hydrogen-bond acceptors (Lipinski definition) is 6. The number of sulfonamides is 1. The summed E-state index contributed by atoms with van der Waals surface area (Å²) in [4.78, 5) is 24.2. The standard InChI is InChI=1S/C23H22N2O6S/c24-32(28,29)21-11-9-17(10-12-21)14-25-22(26)16-31-23(27)19-7-4-8-20(13-19)30-15-18-5-2-1-3-6-18/h1-13H,14-16H2,(H,25,26)(H2,24,28,29). The van der Waals surface area contributed by atoms with Gasteiger partial charge in [-0.3, -0.25) is 4.79 Å². The fourth-order valence-corrected chi connectivity index (χ4v) is 3.23. The Morgan fingerprint density at radius 3 is 2.28 bits per heavy atom. The number of ether oxygens (including phenoxy) is 2. The molecule has 0 atom stereocenters. The quantitative estimate of drug-likeness (QED) is 0.478. The normalized spacial score (nSPS) is 10.9. The lowest BCUT2D eigenvalue weighted by atomic mass is 10.2. The summed E-state index contributed by atoms with van der Waals surface area (Å²) in [6.07, 6.45) is 0. The van der Waals surface area contributed by atoms with Crippen molar-refractivity contribution in [2.45, 2.75) is 18.0 Å². The molecule has 3 rings (SSSR count). The van der Waals surface area contributed by atoms with Crippen LogP contribution in [-0.4, -0.2) is 26.9 Å². The van der Waals surface area contributed by atoms with Crippen molar-refractivity contribution in [2.24, 2.45) is 5.14 Å². The first-order valence-electron chi connectivity index (χ1n) is 9.63. The smallest absolute Gasteiger partial charge is 0.338 e. The van der Waals surface area contributed by atoms with Crippen molar-refractivity contribution in [1.82, 2.24) is 5.32 Å². The molecule has 0 aliphatic heterocycles. The lowest BCUT2D eigenvalue weighted by Crippen LogP contribution is -2.28. The third-order valence-electron chi connectivity index (χ3n) is 4.39. The van der Waals surface area contributed by atoms with Crippen LogP contribution in [0.15, 0.2) is 83.8 Å². The highest BCUT2D eigenvalue weighted by atomic mass is 32.2. The van der Waals surface area contributed by atoms with Gasteiger partial charge < -0.3 is 14.8 Å². The predicted molar refractivity (Wildman–Crippen MR) is 117 cm³/mol. The van der Waals surface area contributed by atoms with Crippen LogP contribution in [0.3, 0.4) is 0 Å². The molecule has 0 bridgehead atoms. The summed E-state index contributed by atoms with van der Waals surface area (Å²) in [5, 5.41) is 7.64. The van der Waals surface area contributed by atoms with Gasteiger partial charge >= 0.3 is 5.97 Å². The first-order chi connectivity index (χ1) is 15.3. The number of primary sulfonamides is 1. The van der Waals surface area contributed by atoms with E-state index in [0.29, 0.717) is 17.9 Å². The minimum Gasteiger partial charge on any atom is -0.489 e. The maximum Gasteiger partial charge on any atom is 0.338 e. The number of nitrogens with one attached hydrogen (secondary N) is 1. The molecule has 0 unspecified atom stereocenters. The summed E-state index contributed by atoms with van der Waals surface area (Å²) >= 11 is 0. The van der Waals surface area contributed by atoms with E-state index in [2.05, 4.69) is 5.32 Å². The van der Waals surface area contributed by atoms with E-state index in [9.17, 15) is 18.0 Å². The van der Waals surface area contributed by atoms with Crippen LogP contribution in [0.25, 0.3) is 0 Å². The van der Waals surface area contributed by atoms with Crippen LogP contribution in [-0.2, 0) is 32.7 Å². The van der Waals surface area contributed by atoms with Gasteiger partial charge in [-0.05, 0) is 41.5 Å². The SMILES string of the molecule is NS(=O)(=O)c1ccc(CNC(=O)COC(=O)c2cccc(OCc3ccccc3)c2)cc1. The summed E-state index contributed by atoms with van der Waals surface area (Å²) in [7, 11) is -3.77. The molecule has 0 radical (unpaired) electrons. The highest BCUT2D eigenvalue weighted by molar-refractivity contribution is 7.89. The van der Waals surface area contributed by atoms with Crippen LogP contribution in [0.1, 0.15) is 21.5 Å². The van der Waals surface area contributed by atoms with Crippen LogP contribution >= 0.6 is 0 Å². The first-order valence-corrected chi connectivity index (χ1v) is 11.2. The highest BCUT2D eigenvalue weighted by Gasteiger charge is 2.12. The Morgan fingerprint density at radius 2 is 1.59 bits per heavy atom. The molecule has 0 fully saturated rings. The summed E-state index contributed by atoms with van der Waals surface area (Å²) < 4.78 is 33.3. The average molecular weight is 455 g/mol. The molecule has 0 aromatic heterocycles. The molecule has 166 valence electrons. The molecular formula is C23H22N2O6S. The van der Waals surface area contributed by atoms with Crippen molar-refractivity contribution >= 4 is 21.9 Å². The molecule has 8 nitrogen and oxygen atoms in total. The number of benzene rings is 3. The lowest BCUT2D eigenvalue weighted by molar-refractivity contribution is -0.124. The van der Waals surface area contributed by atoms with E-state index in [-0.39, 0.29) is 17.0 Å². The summed E-state index contributed by atoms with van der Waals surface area (Å²) in [5.41, 5.74) is 1.93. The second kappa shape index (κ2) is 10.6. The van der Waals surface area contributed by atoms with Crippen molar-refractivity contribution in [3.63, 3.8) is 0 Å². The Balaban J connectivity index is 1.46. The van der Waals surface area contributed by atoms with Gasteiger partial charge in [-0.15, -0.1) is 0 Å². The molecule has 32 heavy (non-hydrogen) atoms. The molecule has 0 aliphatic carbocycles. The second-order valence-electron chi connectivity index (χ2n) is 6.84. The number of rotatable bonds is 9. The van der Waals surface area contributed by atoms with E-state index in [1.54, 1.807) is 24.3 Å². The van der Waals surface area contributed by atoms with Crippen LogP contribution in [0.4, 0.5) is 0 Å². The van der Waals surface area contributed by atoms with Gasteiger partial charge in [0.1, 0.15) is 12.4 Å². The summed E-state index contributed by atoms with van der Waals surface area (Å²) in [6, 6.07) is 21.9. The van der Waals surface area contributed by atoms with Crippen molar-refractivity contribution in [3.05, 3.63) is 95.6 Å². The Morgan fingerprint density at radius 1 is 0.875 bits per heavy atom. The third kappa shape index (κ3) is 6.93. The zero-order chi connectivity index (χ0) is 23.0. The number of amides is 1. The first kappa shape index (κ1) is 23.0. The Bertz CT molecular complexity index is 1180. The number of hydrogen-bond donors (Lipinski definition) is 2. The van der Waals surface area contributed by atoms with Crippen LogP contribution < -0.4 is 15.2 Å². The molecular weight excluding hydrogens is 432 g/mol. The lowest BCUT2D eigenvalue weighted by Gasteiger charge is -2.09. The maximum absolute atomic E-state index is 12.3. The van der Waals surface area contributed by atoms with Gasteiger partial charge in [0.05, 0.1) is 10.5 Å². The number of carbonyl (C=O) groups excluding carboxylic acids is 2. The minimum atomic E-state index is -3.77. The number of esters is 1. The molecule has 0 saturated carbocycles. The minimum absolute atomic E-state index is 0.0171. The molecule has 3 aromatic carbocycles. The van der Waals surface area contributed by atoms with E-state index in [0.717, 1.165) is 5.56 Å². The molecule has 3 N–H and O–H groups in total. The van der Waals surface area contributed by atoms with Crippen molar-refractivity contribution in [2.75, 3.05) is 6.61 Å². The van der Waals surface area contributed by atoms with Crippen molar-refractivity contribution < 1.29 is 27.5 Å². The van der Waals surface area contributed by atoms with Gasteiger partial charge in [-0.1, -0.05) is 48.5 Å². The van der Waals surface area contributed by atoms with E-state index >= 15 is 0 Å². The van der Waals surface area contributed by atoms with E-state index in [1.807, 2.05) is 30.3 Å². The molecule has 0 heterocycles. The molecule has 0 saturated heterocycles. The molecule has 0 aliphatic rings. The van der Waals surface area contributed by atoms with E-state index in [1.165, 1.54) is 24.3 Å². The average Bonchev–Trinajstić information content (AvgIpc) is 2.80. The summed E-state index contributed by atoms with van der Waals surface area (Å²) in [6.45, 7) is 0.0488. The molecule has 9 heteroatoms. The van der Waals surface area contributed by atoms with Gasteiger partial charge in [0.2, 0.25) is 10.0 Å². The molecule has 1 amide bonds. The Labute approximate surface area is 186 Å². The third-order valence-corrected chi connectivity index (χ3v) is 5.32. The Kier molecular flexibility index (Phi) is 7.58. The van der Waals surface area contributed by atoms with Gasteiger partial charge in [-0.2, -0.15) is 0 Å². The van der Waals surface area contributed by atoms with Gasteiger partial charge in [0, 0.05) is 6.54 Å². The van der Waals surface area contributed by atoms with Crippen molar-refractivity contribution in [3.8, 4) is 5.75 Å². The van der Waals surface area contributed by atoms with Crippen LogP contribution in [0.5, 0.6) is 5.75 Å². The largest absolute Gasteiger partial charge is 0.489 e. The Hall–Kier alpha value is -3.69. The monoisotopic (exact) mass is 454 g/mol. The van der Waals surface area contributed by atoms with Crippen molar-refractivity contribution in [1.29, 1.82) is 0 Å². The van der Waals surface area contributed by atoms with Gasteiger partial charge in [-0.25, -0.2) is 18.4 Å². The maximum atomic E-state index is 12.3. The zero-order valence-corrected chi connectivity index (χ0v) is 17.9. The molecule has 0 spiro atoms. The molecule has 3 aromatic rings. The van der Waals surface area contributed by atoms with Crippen LogP contribution in [0.2, 0.25) is 0 Å². The number of carbonyl (C=O) groups is 2. The topological polar surface area (TPSA) is 125 Å². The zero-order valence-electron chi connectivity index (χ0n) is 17.1. The van der Waals surface area contributed by atoms with Crippen LogP contribution in [0, 0.1) is 0 Å². The van der Waals surface area contributed by atoms with E-state index < -0.39 is 28.5 Å². The van der Waals surface area contributed by atoms with Gasteiger partial charge in [0.25, 0.3) is 5.91 Å². The fraction of sp³-hybridized carbons (Fsp3) is 0.130. The fourth-order valence-electron chi connectivity index (χ4n) is 2.72. The van der Waals surface area contributed by atoms with Gasteiger partial charge in [0.15, 0.2) is 6.61 Å². The highest BCUT2D eigenvalue weighted by Crippen LogP contribution is 2.16. The predicted octanol–water partition coefficient (Wildman–Crippen LogP) is 2.39. The second-order valence-corrected chi connectivity index (χ2v) is 8.41.